The monoisotopic (exact) mass is 203 g/mol. The van der Waals surface area contributed by atoms with E-state index in [1.54, 1.807) is 0 Å². The fourth-order valence-corrected chi connectivity index (χ4v) is 0.747. The quantitative estimate of drug-likeness (QED) is 0.662. The first-order valence-electron chi connectivity index (χ1n) is 4.99. The average Bonchev–Trinajstić information content (AvgIpc) is 2.10. The molecule has 0 rings (SSSR count). The van der Waals surface area contributed by atoms with Gasteiger partial charge in [0, 0.05) is 6.54 Å². The lowest BCUT2D eigenvalue weighted by Crippen LogP contribution is -2.37. The van der Waals surface area contributed by atoms with E-state index >= 15 is 0 Å². The summed E-state index contributed by atoms with van der Waals surface area (Å²) < 4.78 is 5.10. The molecule has 0 aliphatic heterocycles. The van der Waals surface area contributed by atoms with Crippen LogP contribution in [0.15, 0.2) is 0 Å². The molecule has 0 aliphatic carbocycles. The smallest absolute Gasteiger partial charge is 0.246 e. The van der Waals surface area contributed by atoms with Crippen LogP contribution >= 0.6 is 0 Å². The molecule has 0 aromatic heterocycles. The first-order chi connectivity index (χ1) is 6.43. The number of carbonyl (C=O) groups is 1. The second-order valence-electron chi connectivity index (χ2n) is 3.98. The molecule has 0 aromatic rings. The van der Waals surface area contributed by atoms with Crippen molar-refractivity contribution in [2.24, 2.45) is 5.92 Å². The molecule has 14 heavy (non-hydrogen) atoms. The minimum atomic E-state index is -0.488. The van der Waals surface area contributed by atoms with Crippen LogP contribution in [0.4, 0.5) is 0 Å². The Bertz CT molecular complexity index is 169. The molecule has 4 heteroatoms. The average molecular weight is 203 g/mol. The highest BCUT2D eigenvalue weighted by Gasteiger charge is 2.10. The van der Waals surface area contributed by atoms with Crippen molar-refractivity contribution in [2.45, 2.75) is 39.9 Å². The standard InChI is InChI=1S/C10H21NO3/c1-7(2)9(12)5-11-10(13)6-14-8(3)4/h7-9,12H,5-6H2,1-4H3,(H,11,13). The van der Waals surface area contributed by atoms with E-state index in [0.29, 0.717) is 0 Å². The fourth-order valence-electron chi connectivity index (χ4n) is 0.747. The number of aliphatic hydroxyl groups excluding tert-OH is 1. The van der Waals surface area contributed by atoms with Gasteiger partial charge in [-0.05, 0) is 19.8 Å². The summed E-state index contributed by atoms with van der Waals surface area (Å²) in [6.45, 7) is 7.90. The second kappa shape index (κ2) is 6.79. The van der Waals surface area contributed by atoms with E-state index in [1.165, 1.54) is 0 Å². The maximum absolute atomic E-state index is 11.1. The molecule has 1 amide bonds. The van der Waals surface area contributed by atoms with Gasteiger partial charge in [-0.15, -0.1) is 0 Å². The van der Waals surface area contributed by atoms with Gasteiger partial charge in [-0.25, -0.2) is 0 Å². The van der Waals surface area contributed by atoms with E-state index < -0.39 is 6.10 Å². The normalized spacial score (nSPS) is 13.4. The van der Waals surface area contributed by atoms with Gasteiger partial charge in [-0.1, -0.05) is 13.8 Å². The summed E-state index contributed by atoms with van der Waals surface area (Å²) in [5.41, 5.74) is 0. The van der Waals surface area contributed by atoms with Gasteiger partial charge < -0.3 is 15.2 Å². The minimum absolute atomic E-state index is 0.0516. The third kappa shape index (κ3) is 6.86. The maximum atomic E-state index is 11.1. The number of ether oxygens (including phenoxy) is 1. The third-order valence-electron chi connectivity index (χ3n) is 1.83. The van der Waals surface area contributed by atoms with Gasteiger partial charge in [0.2, 0.25) is 5.91 Å². The third-order valence-corrected chi connectivity index (χ3v) is 1.83. The van der Waals surface area contributed by atoms with Crippen LogP contribution in [0.3, 0.4) is 0 Å². The van der Waals surface area contributed by atoms with Gasteiger partial charge in [0.15, 0.2) is 0 Å². The summed E-state index contributed by atoms with van der Waals surface area (Å²) in [5, 5.41) is 12.0. The zero-order valence-corrected chi connectivity index (χ0v) is 9.41. The Hall–Kier alpha value is -0.610. The largest absolute Gasteiger partial charge is 0.391 e. The van der Waals surface area contributed by atoms with E-state index in [4.69, 9.17) is 4.74 Å². The molecule has 0 saturated heterocycles. The Kier molecular flexibility index (Phi) is 6.49. The molecular weight excluding hydrogens is 182 g/mol. The molecule has 1 unspecified atom stereocenters. The molecular formula is C10H21NO3. The highest BCUT2D eigenvalue weighted by molar-refractivity contribution is 5.77. The molecule has 0 heterocycles. The molecule has 0 fully saturated rings. The van der Waals surface area contributed by atoms with Gasteiger partial charge in [-0.2, -0.15) is 0 Å². The van der Waals surface area contributed by atoms with Crippen LogP contribution in [0, 0.1) is 5.92 Å². The van der Waals surface area contributed by atoms with E-state index in [2.05, 4.69) is 5.32 Å². The lowest BCUT2D eigenvalue weighted by atomic mass is 10.1. The Labute approximate surface area is 85.6 Å². The van der Waals surface area contributed by atoms with Crippen LogP contribution in [-0.4, -0.2) is 36.4 Å². The van der Waals surface area contributed by atoms with Crippen LogP contribution in [-0.2, 0) is 9.53 Å². The SMILES string of the molecule is CC(C)OCC(=O)NCC(O)C(C)C. The van der Waals surface area contributed by atoms with E-state index in [-0.39, 0.29) is 31.1 Å². The number of rotatable bonds is 6. The van der Waals surface area contributed by atoms with Crippen molar-refractivity contribution in [3.63, 3.8) is 0 Å². The van der Waals surface area contributed by atoms with Crippen molar-refractivity contribution >= 4 is 5.91 Å². The molecule has 0 radical (unpaired) electrons. The highest BCUT2D eigenvalue weighted by atomic mass is 16.5. The molecule has 0 aromatic carbocycles. The van der Waals surface area contributed by atoms with Gasteiger partial charge in [-0.3, -0.25) is 4.79 Å². The summed E-state index contributed by atoms with van der Waals surface area (Å²) >= 11 is 0. The topological polar surface area (TPSA) is 58.6 Å². The number of nitrogens with one attached hydrogen (secondary N) is 1. The van der Waals surface area contributed by atoms with Crippen molar-refractivity contribution in [3.8, 4) is 0 Å². The lowest BCUT2D eigenvalue weighted by Gasteiger charge is -2.15. The van der Waals surface area contributed by atoms with Crippen molar-refractivity contribution in [2.75, 3.05) is 13.2 Å². The highest BCUT2D eigenvalue weighted by Crippen LogP contribution is 1.98. The Morgan fingerprint density at radius 3 is 2.36 bits per heavy atom. The summed E-state index contributed by atoms with van der Waals surface area (Å²) in [6.07, 6.45) is -0.436. The summed E-state index contributed by atoms with van der Waals surface area (Å²) in [6, 6.07) is 0. The van der Waals surface area contributed by atoms with Crippen LogP contribution in [0.25, 0.3) is 0 Å². The van der Waals surface area contributed by atoms with Crippen molar-refractivity contribution in [1.29, 1.82) is 0 Å². The summed E-state index contributed by atoms with van der Waals surface area (Å²) in [4.78, 5) is 11.1. The number of amides is 1. The van der Waals surface area contributed by atoms with Crippen molar-refractivity contribution < 1.29 is 14.6 Å². The van der Waals surface area contributed by atoms with Crippen LogP contribution < -0.4 is 5.32 Å². The van der Waals surface area contributed by atoms with Gasteiger partial charge in [0.25, 0.3) is 0 Å². The van der Waals surface area contributed by atoms with Crippen LogP contribution in [0.5, 0.6) is 0 Å². The summed E-state index contributed by atoms with van der Waals surface area (Å²) in [5.74, 6) is -0.0280. The minimum Gasteiger partial charge on any atom is -0.391 e. The first kappa shape index (κ1) is 13.4. The van der Waals surface area contributed by atoms with E-state index in [0.717, 1.165) is 0 Å². The molecule has 4 nitrogen and oxygen atoms in total. The van der Waals surface area contributed by atoms with E-state index in [1.807, 2.05) is 27.7 Å². The predicted molar refractivity (Wildman–Crippen MR) is 54.9 cm³/mol. The zero-order valence-electron chi connectivity index (χ0n) is 9.41. The molecule has 2 N–H and O–H groups in total. The predicted octanol–water partition coefficient (Wildman–Crippen LogP) is 0.544. The number of hydrogen-bond acceptors (Lipinski definition) is 3. The molecule has 0 spiro atoms. The van der Waals surface area contributed by atoms with Gasteiger partial charge in [0.05, 0.1) is 12.2 Å². The Morgan fingerprint density at radius 1 is 1.36 bits per heavy atom. The van der Waals surface area contributed by atoms with Crippen LogP contribution in [0.2, 0.25) is 0 Å². The number of aliphatic hydroxyl groups is 1. The molecule has 1 atom stereocenters. The zero-order chi connectivity index (χ0) is 11.1. The molecule has 84 valence electrons. The van der Waals surface area contributed by atoms with Gasteiger partial charge in [0.1, 0.15) is 6.61 Å². The maximum Gasteiger partial charge on any atom is 0.246 e. The fraction of sp³-hybridized carbons (Fsp3) is 0.900. The Balaban J connectivity index is 3.54. The van der Waals surface area contributed by atoms with E-state index in [9.17, 15) is 9.90 Å². The van der Waals surface area contributed by atoms with Crippen molar-refractivity contribution in [3.05, 3.63) is 0 Å². The molecule has 0 saturated carbocycles. The second-order valence-corrected chi connectivity index (χ2v) is 3.98. The number of hydrogen-bond donors (Lipinski definition) is 2. The lowest BCUT2D eigenvalue weighted by molar-refractivity contribution is -0.127. The van der Waals surface area contributed by atoms with Gasteiger partial charge >= 0.3 is 0 Å². The summed E-state index contributed by atoms with van der Waals surface area (Å²) in [7, 11) is 0. The molecule has 0 bridgehead atoms. The molecule has 0 aliphatic rings. The van der Waals surface area contributed by atoms with Crippen LogP contribution in [0.1, 0.15) is 27.7 Å². The number of carbonyl (C=O) groups excluding carboxylic acids is 1. The first-order valence-corrected chi connectivity index (χ1v) is 4.99. The Morgan fingerprint density at radius 2 is 1.93 bits per heavy atom. The van der Waals surface area contributed by atoms with Crippen molar-refractivity contribution in [1.82, 2.24) is 5.32 Å².